The van der Waals surface area contributed by atoms with Crippen LogP contribution in [0.3, 0.4) is 0 Å². The average molecular weight is 481 g/mol. The maximum absolute atomic E-state index is 6.47. The largest absolute Gasteiger partial charge is 0.376 e. The van der Waals surface area contributed by atoms with E-state index in [9.17, 15) is 0 Å². The van der Waals surface area contributed by atoms with Crippen molar-refractivity contribution in [3.8, 4) is 5.69 Å². The van der Waals surface area contributed by atoms with Crippen molar-refractivity contribution in [2.24, 2.45) is 0 Å². The van der Waals surface area contributed by atoms with Crippen LogP contribution in [0.15, 0.2) is 48.7 Å². The molecule has 0 aliphatic carbocycles. The van der Waals surface area contributed by atoms with E-state index < -0.39 is 0 Å². The molecule has 5 nitrogen and oxygen atoms in total. The monoisotopic (exact) mass is 480 g/mol. The van der Waals surface area contributed by atoms with Crippen LogP contribution in [0, 0.1) is 20.8 Å². The first-order valence-electron chi connectivity index (χ1n) is 11.5. The summed E-state index contributed by atoms with van der Waals surface area (Å²) >= 11 is 12.3. The smallest absolute Gasteiger partial charge is 0.170 e. The van der Waals surface area contributed by atoms with Crippen LogP contribution in [0.4, 0.5) is 0 Å². The molecule has 2 fully saturated rings. The van der Waals surface area contributed by atoms with Gasteiger partial charge in [-0.3, -0.25) is 4.98 Å². The number of ether oxygens (including phenoxy) is 1. The van der Waals surface area contributed by atoms with Crippen molar-refractivity contribution in [2.45, 2.75) is 51.8 Å². The van der Waals surface area contributed by atoms with Crippen LogP contribution in [0.1, 0.15) is 53.1 Å². The first-order chi connectivity index (χ1) is 16.0. The molecule has 5 rings (SSSR count). The molecule has 0 spiro atoms. The van der Waals surface area contributed by atoms with Crippen molar-refractivity contribution in [2.75, 3.05) is 13.2 Å². The van der Waals surface area contributed by atoms with Crippen LogP contribution in [0.2, 0.25) is 5.02 Å². The molecule has 2 aromatic heterocycles. The third kappa shape index (κ3) is 4.05. The van der Waals surface area contributed by atoms with Crippen molar-refractivity contribution < 1.29 is 4.74 Å². The van der Waals surface area contributed by atoms with Gasteiger partial charge in [0.25, 0.3) is 0 Å². The number of nitrogens with zero attached hydrogens (tertiary/aromatic N) is 3. The zero-order chi connectivity index (χ0) is 23.1. The van der Waals surface area contributed by atoms with E-state index in [-0.39, 0.29) is 18.2 Å². The summed E-state index contributed by atoms with van der Waals surface area (Å²) in [6, 6.07) is 14.4. The zero-order valence-corrected chi connectivity index (χ0v) is 20.8. The molecule has 7 heteroatoms. The zero-order valence-electron chi connectivity index (χ0n) is 19.2. The van der Waals surface area contributed by atoms with Crippen LogP contribution < -0.4 is 5.32 Å². The number of thiocarbonyl (C=S) groups is 1. The molecule has 3 atom stereocenters. The number of aromatic nitrogens is 2. The van der Waals surface area contributed by atoms with Gasteiger partial charge in [0.2, 0.25) is 0 Å². The minimum Gasteiger partial charge on any atom is -0.376 e. The summed E-state index contributed by atoms with van der Waals surface area (Å²) in [6.07, 6.45) is 4.22. The third-order valence-corrected chi connectivity index (χ3v) is 7.65. The Kier molecular flexibility index (Phi) is 6.16. The second kappa shape index (κ2) is 9.09. The van der Waals surface area contributed by atoms with Gasteiger partial charge in [0.05, 0.1) is 23.9 Å². The summed E-state index contributed by atoms with van der Waals surface area (Å²) in [6.45, 7) is 8.01. The fourth-order valence-electron chi connectivity index (χ4n) is 5.24. The molecule has 0 unspecified atom stereocenters. The molecule has 2 saturated heterocycles. The Bertz CT molecular complexity index is 1170. The van der Waals surface area contributed by atoms with Crippen LogP contribution >= 0.6 is 23.8 Å². The topological polar surface area (TPSA) is 42.3 Å². The number of benzene rings is 1. The number of nitrogens with one attached hydrogen (secondary N) is 1. The van der Waals surface area contributed by atoms with Gasteiger partial charge >= 0.3 is 0 Å². The van der Waals surface area contributed by atoms with Crippen molar-refractivity contribution in [1.29, 1.82) is 0 Å². The summed E-state index contributed by atoms with van der Waals surface area (Å²) in [5.41, 5.74) is 6.77. The summed E-state index contributed by atoms with van der Waals surface area (Å²) in [5, 5.41) is 5.10. The van der Waals surface area contributed by atoms with Crippen LogP contribution in [0.25, 0.3) is 5.69 Å². The third-order valence-electron chi connectivity index (χ3n) is 6.89. The number of halogens is 1. The van der Waals surface area contributed by atoms with E-state index in [0.29, 0.717) is 0 Å². The first-order valence-corrected chi connectivity index (χ1v) is 12.3. The minimum absolute atomic E-state index is 0.0241. The molecule has 2 aliphatic heterocycles. The molecule has 0 amide bonds. The van der Waals surface area contributed by atoms with Gasteiger partial charge in [-0.2, -0.15) is 0 Å². The van der Waals surface area contributed by atoms with Crippen molar-refractivity contribution in [3.05, 3.63) is 81.9 Å². The van der Waals surface area contributed by atoms with E-state index in [0.717, 1.165) is 53.1 Å². The molecule has 2 aliphatic rings. The van der Waals surface area contributed by atoms with E-state index in [1.807, 2.05) is 30.5 Å². The van der Waals surface area contributed by atoms with Crippen LogP contribution in [0.5, 0.6) is 0 Å². The highest BCUT2D eigenvalue weighted by Crippen LogP contribution is 2.42. The Hall–Kier alpha value is -2.41. The SMILES string of the molecule is Cc1c(Cl)cccc1-n1c(C)cc([C@@H]2[C@@H](c3ccccn3)NC(=S)N2C[C@@H]2CCCO2)c1C. The van der Waals surface area contributed by atoms with Gasteiger partial charge in [0.1, 0.15) is 0 Å². The molecule has 1 aromatic carbocycles. The lowest BCUT2D eigenvalue weighted by Gasteiger charge is -2.30. The molecule has 1 N–H and O–H groups in total. The molecule has 3 aromatic rings. The fourth-order valence-corrected chi connectivity index (χ4v) is 5.73. The second-order valence-electron chi connectivity index (χ2n) is 8.96. The lowest BCUT2D eigenvalue weighted by Crippen LogP contribution is -2.36. The quantitative estimate of drug-likeness (QED) is 0.481. The molecule has 172 valence electrons. The lowest BCUT2D eigenvalue weighted by molar-refractivity contribution is 0.0842. The number of hydrogen-bond acceptors (Lipinski definition) is 3. The van der Waals surface area contributed by atoms with Crippen molar-refractivity contribution in [1.82, 2.24) is 19.8 Å². The summed E-state index contributed by atoms with van der Waals surface area (Å²) in [4.78, 5) is 6.98. The van der Waals surface area contributed by atoms with E-state index in [2.05, 4.69) is 58.7 Å². The highest BCUT2D eigenvalue weighted by atomic mass is 35.5. The summed E-state index contributed by atoms with van der Waals surface area (Å²) in [5.74, 6) is 0. The molecular formula is C26H29ClN4OS. The van der Waals surface area contributed by atoms with Crippen LogP contribution in [-0.4, -0.2) is 38.8 Å². The Morgan fingerprint density at radius 2 is 2.03 bits per heavy atom. The van der Waals surface area contributed by atoms with E-state index in [4.69, 9.17) is 28.6 Å². The maximum Gasteiger partial charge on any atom is 0.170 e. The number of aryl methyl sites for hydroxylation is 1. The molecule has 4 heterocycles. The predicted octanol–water partition coefficient (Wildman–Crippen LogP) is 5.60. The molecular weight excluding hydrogens is 452 g/mol. The Balaban J connectivity index is 1.61. The molecule has 0 radical (unpaired) electrons. The van der Waals surface area contributed by atoms with Gasteiger partial charge in [-0.05, 0) is 87.3 Å². The van der Waals surface area contributed by atoms with Crippen molar-refractivity contribution >= 4 is 28.9 Å². The van der Waals surface area contributed by atoms with E-state index >= 15 is 0 Å². The standard InChI is InChI=1S/C26H29ClN4OS/c1-16-14-20(18(3)31(16)23-11-6-9-21(27)17(23)2)25-24(22-10-4-5-12-28-22)29-26(33)30(25)15-19-8-7-13-32-19/h4-6,9-12,14,19,24-25H,7-8,13,15H2,1-3H3,(H,29,33)/t19-,24+,25+/m0/s1. The number of pyridine rings is 1. The highest BCUT2D eigenvalue weighted by Gasteiger charge is 2.42. The average Bonchev–Trinajstić information content (AvgIpc) is 3.51. The first kappa shape index (κ1) is 22.4. The fraction of sp³-hybridized carbons (Fsp3) is 0.385. The Morgan fingerprint density at radius 3 is 2.76 bits per heavy atom. The highest BCUT2D eigenvalue weighted by molar-refractivity contribution is 7.80. The van der Waals surface area contributed by atoms with Crippen LogP contribution in [-0.2, 0) is 4.74 Å². The summed E-state index contributed by atoms with van der Waals surface area (Å²) < 4.78 is 8.28. The van der Waals surface area contributed by atoms with Gasteiger partial charge < -0.3 is 19.5 Å². The number of hydrogen-bond donors (Lipinski definition) is 1. The van der Waals surface area contributed by atoms with Crippen molar-refractivity contribution in [3.63, 3.8) is 0 Å². The normalized spacial score (nSPS) is 22.7. The van der Waals surface area contributed by atoms with Gasteiger partial charge in [-0.15, -0.1) is 0 Å². The number of rotatable bonds is 5. The maximum atomic E-state index is 6.47. The van der Waals surface area contributed by atoms with Gasteiger partial charge in [-0.1, -0.05) is 23.7 Å². The minimum atomic E-state index is -0.0329. The Morgan fingerprint density at radius 1 is 1.18 bits per heavy atom. The molecule has 0 bridgehead atoms. The van der Waals surface area contributed by atoms with Gasteiger partial charge in [0, 0.05) is 41.4 Å². The predicted molar refractivity (Wildman–Crippen MR) is 136 cm³/mol. The van der Waals surface area contributed by atoms with E-state index in [1.54, 1.807) is 0 Å². The second-order valence-corrected chi connectivity index (χ2v) is 9.75. The van der Waals surface area contributed by atoms with E-state index in [1.165, 1.54) is 17.0 Å². The summed E-state index contributed by atoms with van der Waals surface area (Å²) in [7, 11) is 0. The molecule has 0 saturated carbocycles. The van der Waals surface area contributed by atoms with Gasteiger partial charge in [-0.25, -0.2) is 0 Å². The van der Waals surface area contributed by atoms with Gasteiger partial charge in [0.15, 0.2) is 5.11 Å². The molecule has 33 heavy (non-hydrogen) atoms. The Labute approximate surface area is 205 Å². The lowest BCUT2D eigenvalue weighted by atomic mass is 9.96.